The van der Waals surface area contributed by atoms with Gasteiger partial charge in [-0.15, -0.1) is 0 Å². The molecule has 0 aromatic heterocycles. The third kappa shape index (κ3) is 5.82. The molecule has 3 amide bonds. The average Bonchev–Trinajstić information content (AvgIpc) is 3.60. The van der Waals surface area contributed by atoms with E-state index in [0.717, 1.165) is 49.7 Å². The van der Waals surface area contributed by atoms with E-state index in [4.69, 9.17) is 4.74 Å². The molecule has 8 nitrogen and oxygen atoms in total. The van der Waals surface area contributed by atoms with Gasteiger partial charge in [-0.2, -0.15) is 0 Å². The summed E-state index contributed by atoms with van der Waals surface area (Å²) in [4.78, 5) is 41.9. The molecule has 1 saturated carbocycles. The second-order valence-electron chi connectivity index (χ2n) is 11.1. The van der Waals surface area contributed by atoms with E-state index in [9.17, 15) is 18.8 Å². The van der Waals surface area contributed by atoms with Crippen LogP contribution in [0.5, 0.6) is 0 Å². The number of nitrogens with zero attached hydrogens (tertiary/aromatic N) is 1. The first kappa shape index (κ1) is 26.1. The number of fused-ring (bicyclic) bond motifs is 2. The van der Waals surface area contributed by atoms with Crippen molar-refractivity contribution in [2.24, 2.45) is 0 Å². The summed E-state index contributed by atoms with van der Waals surface area (Å²) in [7, 11) is 1.71. The minimum absolute atomic E-state index is 0.0103. The zero-order valence-corrected chi connectivity index (χ0v) is 21.8. The molecule has 5 rings (SSSR count). The number of hydrogen-bond acceptors (Lipinski definition) is 5. The van der Waals surface area contributed by atoms with Gasteiger partial charge in [0.25, 0.3) is 0 Å². The highest BCUT2D eigenvalue weighted by Crippen LogP contribution is 2.36. The van der Waals surface area contributed by atoms with Gasteiger partial charge in [0.1, 0.15) is 17.9 Å². The first-order chi connectivity index (χ1) is 17.8. The van der Waals surface area contributed by atoms with Crippen LogP contribution in [0.3, 0.4) is 0 Å². The smallest absolute Gasteiger partial charge is 0.246 e. The number of benzene rings is 1. The number of carbonyl (C=O) groups is 3. The summed E-state index contributed by atoms with van der Waals surface area (Å²) in [6.45, 7) is 1.75. The largest absolute Gasteiger partial charge is 0.375 e. The number of halogens is 1. The predicted octanol–water partition coefficient (Wildman–Crippen LogP) is 2.50. The number of ether oxygens (including phenoxy) is 1. The molecule has 1 aromatic carbocycles. The summed E-state index contributed by atoms with van der Waals surface area (Å²) < 4.78 is 20.0. The number of likely N-dealkylation sites (N-methyl/N-ethyl adjacent to an activating group) is 1. The van der Waals surface area contributed by atoms with E-state index in [-0.39, 0.29) is 41.7 Å². The zero-order valence-electron chi connectivity index (χ0n) is 21.8. The number of aryl methyl sites for hydroxylation is 1. The monoisotopic (exact) mass is 514 g/mol. The van der Waals surface area contributed by atoms with Crippen molar-refractivity contribution in [2.75, 3.05) is 7.05 Å². The summed E-state index contributed by atoms with van der Waals surface area (Å²) in [5, 5.41) is 9.03. The van der Waals surface area contributed by atoms with Gasteiger partial charge in [-0.25, -0.2) is 4.39 Å². The molecule has 2 aliphatic carbocycles. The van der Waals surface area contributed by atoms with E-state index in [1.807, 2.05) is 0 Å². The van der Waals surface area contributed by atoms with Gasteiger partial charge < -0.3 is 25.6 Å². The Hall–Kier alpha value is -2.52. The third-order valence-corrected chi connectivity index (χ3v) is 8.46. The van der Waals surface area contributed by atoms with Gasteiger partial charge in [0, 0.05) is 6.04 Å². The molecule has 4 aliphatic rings. The number of hydrogen-bond donors (Lipinski definition) is 3. The summed E-state index contributed by atoms with van der Waals surface area (Å²) in [5.74, 6) is -0.856. The molecule has 3 fully saturated rings. The second kappa shape index (κ2) is 11.1. The van der Waals surface area contributed by atoms with E-state index in [1.54, 1.807) is 31.0 Å². The van der Waals surface area contributed by atoms with Crippen LogP contribution in [0.2, 0.25) is 0 Å². The fourth-order valence-electron chi connectivity index (χ4n) is 6.14. The van der Waals surface area contributed by atoms with E-state index in [0.29, 0.717) is 31.8 Å². The molecule has 6 atom stereocenters. The Balaban J connectivity index is 1.34. The Morgan fingerprint density at radius 2 is 1.81 bits per heavy atom. The van der Waals surface area contributed by atoms with Gasteiger partial charge in [-0.3, -0.25) is 14.4 Å². The van der Waals surface area contributed by atoms with Crippen molar-refractivity contribution in [1.29, 1.82) is 0 Å². The van der Waals surface area contributed by atoms with Crippen LogP contribution in [-0.4, -0.2) is 66.0 Å². The Morgan fingerprint density at radius 3 is 2.57 bits per heavy atom. The average molecular weight is 515 g/mol. The van der Waals surface area contributed by atoms with Crippen LogP contribution in [-0.2, 0) is 25.5 Å². The molecular formula is C28H39FN4O4. The van der Waals surface area contributed by atoms with E-state index in [1.165, 1.54) is 6.07 Å². The van der Waals surface area contributed by atoms with Crippen LogP contribution in [0, 0.1) is 5.82 Å². The SMILES string of the molecule is CN[C@@H](C)C(=O)N[C@H]1CC[C@H](OC2CC2)C[C@H]2CC[C@@H](C(=O)N[C@@H]3CCCc4cc(F)ccc43)N2C1=O. The topological polar surface area (TPSA) is 99.8 Å². The Labute approximate surface area is 218 Å². The van der Waals surface area contributed by atoms with Crippen molar-refractivity contribution < 1.29 is 23.5 Å². The molecule has 0 radical (unpaired) electrons. The molecule has 0 bridgehead atoms. The van der Waals surface area contributed by atoms with Gasteiger partial charge in [-0.1, -0.05) is 6.07 Å². The lowest BCUT2D eigenvalue weighted by Crippen LogP contribution is -2.59. The maximum atomic E-state index is 13.8. The molecule has 9 heteroatoms. The predicted molar refractivity (Wildman–Crippen MR) is 136 cm³/mol. The Bertz CT molecular complexity index is 1030. The lowest BCUT2D eigenvalue weighted by Gasteiger charge is -2.38. The lowest BCUT2D eigenvalue weighted by molar-refractivity contribution is -0.146. The van der Waals surface area contributed by atoms with Gasteiger partial charge in [0.15, 0.2) is 0 Å². The van der Waals surface area contributed by atoms with Crippen LogP contribution in [0.4, 0.5) is 4.39 Å². The molecule has 2 saturated heterocycles. The number of amides is 3. The molecule has 2 heterocycles. The highest BCUT2D eigenvalue weighted by Gasteiger charge is 2.46. The molecule has 1 aromatic rings. The fraction of sp³-hybridized carbons (Fsp3) is 0.679. The van der Waals surface area contributed by atoms with Gasteiger partial charge in [-0.05, 0) is 101 Å². The van der Waals surface area contributed by atoms with Gasteiger partial charge in [0.2, 0.25) is 17.7 Å². The number of rotatable bonds is 7. The Morgan fingerprint density at radius 1 is 1.03 bits per heavy atom. The zero-order chi connectivity index (χ0) is 26.1. The number of carbonyl (C=O) groups excluding carboxylic acids is 3. The minimum atomic E-state index is -0.691. The fourth-order valence-corrected chi connectivity index (χ4v) is 6.14. The highest BCUT2D eigenvalue weighted by atomic mass is 19.1. The standard InChI is InChI=1S/C28H39FN4O4/c1-16(30-2)26(34)32-24-12-10-21(37-20-8-9-20)15-19-7-13-25(33(19)28(24)36)27(35)31-23-5-3-4-17-14-18(29)6-11-22(17)23/h6,11,14,16,19-21,23-25,30H,3-5,7-10,12-13,15H2,1-2H3,(H,31,35)(H,32,34)/t16-,19+,21-,23+,24-,25-/m0/s1. The summed E-state index contributed by atoms with van der Waals surface area (Å²) in [5.41, 5.74) is 1.89. The molecule has 2 aliphatic heterocycles. The van der Waals surface area contributed by atoms with Crippen molar-refractivity contribution in [3.05, 3.63) is 35.1 Å². The normalized spacial score (nSPS) is 30.5. The second-order valence-corrected chi connectivity index (χ2v) is 11.1. The van der Waals surface area contributed by atoms with Crippen molar-refractivity contribution in [3.63, 3.8) is 0 Å². The van der Waals surface area contributed by atoms with Crippen molar-refractivity contribution in [1.82, 2.24) is 20.9 Å². The third-order valence-electron chi connectivity index (χ3n) is 8.46. The van der Waals surface area contributed by atoms with Crippen LogP contribution >= 0.6 is 0 Å². The molecule has 37 heavy (non-hydrogen) atoms. The van der Waals surface area contributed by atoms with Crippen molar-refractivity contribution in [2.45, 2.75) is 114 Å². The maximum absolute atomic E-state index is 13.8. The van der Waals surface area contributed by atoms with Crippen LogP contribution in [0.1, 0.15) is 81.9 Å². The van der Waals surface area contributed by atoms with Crippen LogP contribution in [0.25, 0.3) is 0 Å². The van der Waals surface area contributed by atoms with E-state index >= 15 is 0 Å². The molecule has 0 unspecified atom stereocenters. The first-order valence-electron chi connectivity index (χ1n) is 13.9. The first-order valence-corrected chi connectivity index (χ1v) is 13.9. The summed E-state index contributed by atoms with van der Waals surface area (Å²) >= 11 is 0. The van der Waals surface area contributed by atoms with Crippen LogP contribution < -0.4 is 16.0 Å². The van der Waals surface area contributed by atoms with Gasteiger partial charge >= 0.3 is 0 Å². The summed E-state index contributed by atoms with van der Waals surface area (Å²) in [6.07, 6.45) is 8.11. The maximum Gasteiger partial charge on any atom is 0.246 e. The highest BCUT2D eigenvalue weighted by molar-refractivity contribution is 5.93. The molecule has 3 N–H and O–H groups in total. The van der Waals surface area contributed by atoms with E-state index in [2.05, 4.69) is 16.0 Å². The summed E-state index contributed by atoms with van der Waals surface area (Å²) in [6, 6.07) is 2.76. The van der Waals surface area contributed by atoms with Gasteiger partial charge in [0.05, 0.1) is 24.3 Å². The minimum Gasteiger partial charge on any atom is -0.375 e. The molecular weight excluding hydrogens is 475 g/mol. The van der Waals surface area contributed by atoms with Crippen LogP contribution in [0.15, 0.2) is 18.2 Å². The van der Waals surface area contributed by atoms with Crippen molar-refractivity contribution >= 4 is 17.7 Å². The molecule has 202 valence electrons. The lowest BCUT2D eigenvalue weighted by atomic mass is 9.87. The number of nitrogens with one attached hydrogen (secondary N) is 3. The van der Waals surface area contributed by atoms with E-state index < -0.39 is 18.1 Å². The quantitative estimate of drug-likeness (QED) is 0.519. The van der Waals surface area contributed by atoms with Crippen molar-refractivity contribution in [3.8, 4) is 0 Å². The molecule has 0 spiro atoms. The Kier molecular flexibility index (Phi) is 7.81.